The van der Waals surface area contributed by atoms with E-state index in [4.69, 9.17) is 18.9 Å². The van der Waals surface area contributed by atoms with Crippen molar-refractivity contribution in [2.75, 3.05) is 13.7 Å². The third-order valence-electron chi connectivity index (χ3n) is 7.18. The zero-order valence-corrected chi connectivity index (χ0v) is 28.7. The molecule has 1 aliphatic heterocycles. The van der Waals surface area contributed by atoms with Crippen molar-refractivity contribution in [3.8, 4) is 17.2 Å². The van der Waals surface area contributed by atoms with E-state index in [1.807, 2.05) is 19.1 Å². The SMILES string of the molecule is CCOc1cc(/C=c2\sc3n(c2=O)[C@H](c2cc(Br)ccc2OC)C(C(=O)OC(C)C)=C(C)N=3)ccc1OCc1ccc([N+](=O)[O-])cc1. The predicted octanol–water partition coefficient (Wildman–Crippen LogP) is 5.84. The summed E-state index contributed by atoms with van der Waals surface area (Å²) in [6, 6.07) is 16.0. The van der Waals surface area contributed by atoms with E-state index in [1.54, 1.807) is 63.2 Å². The lowest BCUT2D eigenvalue weighted by Crippen LogP contribution is -2.40. The number of methoxy groups -OCH3 is 1. The molecule has 5 rings (SSSR count). The number of nitrogens with zero attached hydrogens (tertiary/aromatic N) is 3. The van der Waals surface area contributed by atoms with Gasteiger partial charge in [0.2, 0.25) is 0 Å². The Hall–Kier alpha value is -4.75. The van der Waals surface area contributed by atoms with Gasteiger partial charge in [0.15, 0.2) is 16.3 Å². The molecule has 0 saturated heterocycles. The Labute approximate surface area is 282 Å². The van der Waals surface area contributed by atoms with Crippen molar-refractivity contribution in [3.05, 3.63) is 123 Å². The van der Waals surface area contributed by atoms with Gasteiger partial charge in [-0.15, -0.1) is 0 Å². The maximum atomic E-state index is 14.1. The van der Waals surface area contributed by atoms with Crippen LogP contribution in [-0.4, -0.2) is 35.3 Å². The normalized spacial score (nSPS) is 14.4. The molecule has 0 fully saturated rings. The first-order chi connectivity index (χ1) is 22.5. The highest BCUT2D eigenvalue weighted by atomic mass is 79.9. The topological polar surface area (TPSA) is 131 Å². The number of carbonyl (C=O) groups excluding carboxylic acids is 1. The molecule has 0 radical (unpaired) electrons. The van der Waals surface area contributed by atoms with Crippen molar-refractivity contribution < 1.29 is 28.7 Å². The monoisotopic (exact) mass is 721 g/mol. The highest BCUT2D eigenvalue weighted by Crippen LogP contribution is 2.37. The second-order valence-corrected chi connectivity index (χ2v) is 12.7. The molecule has 1 aliphatic rings. The number of non-ortho nitro benzene ring substituents is 1. The van der Waals surface area contributed by atoms with Gasteiger partial charge >= 0.3 is 5.97 Å². The molecule has 3 aromatic carbocycles. The van der Waals surface area contributed by atoms with Gasteiger partial charge in [0.25, 0.3) is 11.2 Å². The number of nitro benzene ring substituents is 1. The lowest BCUT2D eigenvalue weighted by atomic mass is 9.95. The van der Waals surface area contributed by atoms with Crippen LogP contribution in [0.5, 0.6) is 17.2 Å². The average Bonchev–Trinajstić information content (AvgIpc) is 3.33. The van der Waals surface area contributed by atoms with Crippen LogP contribution in [0.4, 0.5) is 5.69 Å². The van der Waals surface area contributed by atoms with E-state index in [2.05, 4.69) is 20.9 Å². The van der Waals surface area contributed by atoms with Crippen LogP contribution in [0.2, 0.25) is 0 Å². The Morgan fingerprint density at radius 2 is 1.81 bits per heavy atom. The fourth-order valence-electron chi connectivity index (χ4n) is 5.10. The maximum absolute atomic E-state index is 14.1. The third-order valence-corrected chi connectivity index (χ3v) is 8.65. The number of hydrogen-bond donors (Lipinski definition) is 0. The van der Waals surface area contributed by atoms with Crippen LogP contribution >= 0.6 is 27.3 Å². The highest BCUT2D eigenvalue weighted by Gasteiger charge is 2.35. The number of fused-ring (bicyclic) bond motifs is 1. The second-order valence-electron chi connectivity index (χ2n) is 10.8. The molecule has 47 heavy (non-hydrogen) atoms. The molecule has 0 unspecified atom stereocenters. The summed E-state index contributed by atoms with van der Waals surface area (Å²) in [4.78, 5) is 43.2. The number of esters is 1. The molecule has 0 N–H and O–H groups in total. The summed E-state index contributed by atoms with van der Waals surface area (Å²) in [5.41, 5.74) is 2.42. The van der Waals surface area contributed by atoms with E-state index < -0.39 is 16.9 Å². The summed E-state index contributed by atoms with van der Waals surface area (Å²) in [6.07, 6.45) is 1.37. The molecule has 11 nitrogen and oxygen atoms in total. The number of rotatable bonds is 11. The molecule has 244 valence electrons. The molecular weight excluding hydrogens is 690 g/mol. The van der Waals surface area contributed by atoms with Crippen molar-refractivity contribution in [2.45, 2.75) is 46.4 Å². The zero-order valence-electron chi connectivity index (χ0n) is 26.3. The number of ether oxygens (including phenoxy) is 4. The predicted molar refractivity (Wildman–Crippen MR) is 181 cm³/mol. The van der Waals surface area contributed by atoms with E-state index >= 15 is 0 Å². The fourth-order valence-corrected chi connectivity index (χ4v) is 6.53. The van der Waals surface area contributed by atoms with Crippen molar-refractivity contribution in [1.29, 1.82) is 0 Å². The number of carbonyl (C=O) groups is 1. The molecule has 4 aromatic rings. The molecule has 1 atom stereocenters. The second kappa shape index (κ2) is 14.3. The quantitative estimate of drug-likeness (QED) is 0.107. The number of thiazole rings is 1. The van der Waals surface area contributed by atoms with E-state index in [0.717, 1.165) is 10.0 Å². The van der Waals surface area contributed by atoms with Crippen molar-refractivity contribution in [2.24, 2.45) is 4.99 Å². The lowest BCUT2D eigenvalue weighted by Gasteiger charge is -2.26. The Morgan fingerprint density at radius 1 is 1.09 bits per heavy atom. The molecule has 1 aromatic heterocycles. The summed E-state index contributed by atoms with van der Waals surface area (Å²) in [5.74, 6) is 0.896. The number of benzene rings is 3. The maximum Gasteiger partial charge on any atom is 0.338 e. The number of halogens is 1. The Balaban J connectivity index is 1.56. The number of allylic oxidation sites excluding steroid dienone is 1. The van der Waals surface area contributed by atoms with Gasteiger partial charge in [-0.1, -0.05) is 33.3 Å². The highest BCUT2D eigenvalue weighted by molar-refractivity contribution is 9.10. The molecule has 0 amide bonds. The van der Waals surface area contributed by atoms with Crippen LogP contribution in [0.15, 0.2) is 86.2 Å². The van der Waals surface area contributed by atoms with Crippen LogP contribution in [-0.2, 0) is 16.1 Å². The summed E-state index contributed by atoms with van der Waals surface area (Å²) in [6.45, 7) is 7.67. The van der Waals surface area contributed by atoms with Gasteiger partial charge in [-0.3, -0.25) is 19.5 Å². The Bertz CT molecular complexity index is 2050. The minimum absolute atomic E-state index is 0.00219. The number of hydrogen-bond acceptors (Lipinski definition) is 10. The van der Waals surface area contributed by atoms with Crippen LogP contribution in [0.1, 0.15) is 50.4 Å². The minimum Gasteiger partial charge on any atom is -0.496 e. The first-order valence-corrected chi connectivity index (χ1v) is 16.3. The Morgan fingerprint density at radius 3 is 2.47 bits per heavy atom. The van der Waals surface area contributed by atoms with E-state index in [1.165, 1.54) is 35.1 Å². The lowest BCUT2D eigenvalue weighted by molar-refractivity contribution is -0.384. The van der Waals surface area contributed by atoms with E-state index in [0.29, 0.717) is 50.0 Å². The van der Waals surface area contributed by atoms with Gasteiger partial charge in [-0.05, 0) is 87.4 Å². The van der Waals surface area contributed by atoms with Gasteiger partial charge in [0.1, 0.15) is 18.4 Å². The van der Waals surface area contributed by atoms with Gasteiger partial charge in [0, 0.05) is 22.2 Å². The summed E-state index contributed by atoms with van der Waals surface area (Å²) >= 11 is 4.73. The zero-order chi connectivity index (χ0) is 33.8. The van der Waals surface area contributed by atoms with E-state index in [9.17, 15) is 19.7 Å². The first kappa shape index (κ1) is 33.6. The molecular formula is C34H32BrN3O8S. The van der Waals surface area contributed by atoms with E-state index in [-0.39, 0.29) is 29.5 Å². The molecule has 13 heteroatoms. The minimum atomic E-state index is -0.846. The largest absolute Gasteiger partial charge is 0.496 e. The number of nitro groups is 1. The Kier molecular flexibility index (Phi) is 10.3. The van der Waals surface area contributed by atoms with Gasteiger partial charge < -0.3 is 18.9 Å². The molecule has 2 heterocycles. The summed E-state index contributed by atoms with van der Waals surface area (Å²) < 4.78 is 25.8. The summed E-state index contributed by atoms with van der Waals surface area (Å²) in [7, 11) is 1.54. The van der Waals surface area contributed by atoms with Crippen molar-refractivity contribution in [3.63, 3.8) is 0 Å². The molecule has 0 spiro atoms. The van der Waals surface area contributed by atoms with Crippen molar-refractivity contribution in [1.82, 2.24) is 4.57 Å². The van der Waals surface area contributed by atoms with Crippen LogP contribution in [0, 0.1) is 10.1 Å². The molecule has 0 aliphatic carbocycles. The van der Waals surface area contributed by atoms with Crippen LogP contribution in [0.3, 0.4) is 0 Å². The average molecular weight is 723 g/mol. The van der Waals surface area contributed by atoms with Gasteiger partial charge in [0.05, 0.1) is 40.5 Å². The standard InChI is InChI=1S/C34H32BrN3O8S/c1-6-44-28-15-22(9-13-27(28)45-18-21-7-11-24(12-8-21)38(41)42)16-29-32(39)37-31(25-17-23(35)10-14-26(25)43-5)30(33(40)46-19(2)3)20(4)36-34(37)47-29/h7-17,19,31H,6,18H2,1-5H3/b29-16-/t31-/m1/s1. The fraction of sp³-hybridized carbons (Fsp3) is 0.265. The smallest absolute Gasteiger partial charge is 0.338 e. The van der Waals surface area contributed by atoms with Crippen molar-refractivity contribution >= 4 is 45.0 Å². The van der Waals surface area contributed by atoms with Gasteiger partial charge in [-0.25, -0.2) is 9.79 Å². The van der Waals surface area contributed by atoms with Crippen LogP contribution < -0.4 is 29.1 Å². The van der Waals surface area contributed by atoms with Gasteiger partial charge in [-0.2, -0.15) is 0 Å². The molecule has 0 bridgehead atoms. The molecule has 0 saturated carbocycles. The number of aromatic nitrogens is 1. The third kappa shape index (κ3) is 7.31. The van der Waals surface area contributed by atoms with Crippen LogP contribution in [0.25, 0.3) is 6.08 Å². The summed E-state index contributed by atoms with van der Waals surface area (Å²) in [5, 5.41) is 11.0. The first-order valence-electron chi connectivity index (χ1n) is 14.7.